The van der Waals surface area contributed by atoms with E-state index in [-0.39, 0.29) is 0 Å². The van der Waals surface area contributed by atoms with Gasteiger partial charge in [0.2, 0.25) is 0 Å². The summed E-state index contributed by atoms with van der Waals surface area (Å²) in [5.41, 5.74) is 1.29. The van der Waals surface area contributed by atoms with E-state index in [4.69, 9.17) is 9.84 Å². The van der Waals surface area contributed by atoms with Gasteiger partial charge in [0.15, 0.2) is 0 Å². The van der Waals surface area contributed by atoms with Crippen molar-refractivity contribution in [3.63, 3.8) is 0 Å². The van der Waals surface area contributed by atoms with Crippen LogP contribution in [0.4, 0.5) is 5.82 Å². The van der Waals surface area contributed by atoms with Crippen molar-refractivity contribution in [3.8, 4) is 0 Å². The van der Waals surface area contributed by atoms with Gasteiger partial charge in [-0.3, -0.25) is 0 Å². The summed E-state index contributed by atoms with van der Waals surface area (Å²) in [6, 6.07) is 2.70. The van der Waals surface area contributed by atoms with Crippen LogP contribution < -0.4 is 5.32 Å². The molecule has 0 bridgehead atoms. The number of hydrogen-bond donors (Lipinski definition) is 1. The molecule has 4 nitrogen and oxygen atoms in total. The number of aromatic nitrogens is 2. The number of anilines is 1. The van der Waals surface area contributed by atoms with Crippen LogP contribution in [0.15, 0.2) is 6.07 Å². The summed E-state index contributed by atoms with van der Waals surface area (Å²) in [7, 11) is 0. The average Bonchev–Trinajstić information content (AvgIpc) is 2.82. The predicted molar refractivity (Wildman–Crippen MR) is 74.5 cm³/mol. The van der Waals surface area contributed by atoms with Crippen LogP contribution in [0.5, 0.6) is 0 Å². The molecule has 0 radical (unpaired) electrons. The van der Waals surface area contributed by atoms with Crippen LogP contribution in [0.2, 0.25) is 0 Å². The molecular weight excluding hydrogens is 238 g/mol. The monoisotopic (exact) mass is 261 g/mol. The molecule has 1 N–H and O–H groups in total. The molecule has 104 valence electrons. The van der Waals surface area contributed by atoms with E-state index in [0.717, 1.165) is 18.9 Å². The fourth-order valence-electron chi connectivity index (χ4n) is 3.64. The molecule has 5 unspecified atom stereocenters. The van der Waals surface area contributed by atoms with Gasteiger partial charge in [0.05, 0.1) is 23.9 Å². The first kappa shape index (κ1) is 11.8. The van der Waals surface area contributed by atoms with Crippen molar-refractivity contribution in [1.29, 1.82) is 0 Å². The van der Waals surface area contributed by atoms with Crippen LogP contribution >= 0.6 is 0 Å². The van der Waals surface area contributed by atoms with E-state index in [1.54, 1.807) is 0 Å². The van der Waals surface area contributed by atoms with Crippen LogP contribution in [0.1, 0.15) is 57.2 Å². The van der Waals surface area contributed by atoms with Gasteiger partial charge >= 0.3 is 0 Å². The lowest BCUT2D eigenvalue weighted by molar-refractivity contribution is 0.0172. The third-order valence-corrected chi connectivity index (χ3v) is 5.00. The Hall–Kier alpha value is -1.03. The van der Waals surface area contributed by atoms with E-state index in [9.17, 15) is 0 Å². The van der Waals surface area contributed by atoms with E-state index in [1.165, 1.54) is 30.8 Å². The van der Waals surface area contributed by atoms with Crippen molar-refractivity contribution in [3.05, 3.63) is 11.8 Å². The number of rotatable bonds is 2. The number of nitrogens with zero attached hydrogens (tertiary/aromatic N) is 2. The van der Waals surface area contributed by atoms with Crippen molar-refractivity contribution in [1.82, 2.24) is 9.78 Å². The maximum Gasteiger partial charge on any atom is 0.124 e. The highest BCUT2D eigenvalue weighted by molar-refractivity contribution is 5.41. The highest BCUT2D eigenvalue weighted by Crippen LogP contribution is 2.47. The normalized spacial score (nSPS) is 40.8. The molecule has 4 rings (SSSR count). The van der Waals surface area contributed by atoms with Crippen LogP contribution in [0.3, 0.4) is 0 Å². The number of ether oxygens (including phenoxy) is 1. The highest BCUT2D eigenvalue weighted by atomic mass is 16.5. The van der Waals surface area contributed by atoms with Gasteiger partial charge < -0.3 is 10.1 Å². The van der Waals surface area contributed by atoms with Gasteiger partial charge in [-0.05, 0) is 38.5 Å². The third kappa shape index (κ3) is 1.97. The van der Waals surface area contributed by atoms with Gasteiger partial charge in [0.25, 0.3) is 0 Å². The topological polar surface area (TPSA) is 39.1 Å². The SMILES string of the molecule is CC1CCC(C2CCNc3cc(C4CC4C)nn32)O1. The van der Waals surface area contributed by atoms with Crippen molar-refractivity contribution in [2.45, 2.75) is 63.7 Å². The second-order valence-electron chi connectivity index (χ2n) is 6.56. The van der Waals surface area contributed by atoms with Crippen LogP contribution in [-0.4, -0.2) is 28.5 Å². The Kier molecular flexibility index (Phi) is 2.62. The fraction of sp³-hybridized carbons (Fsp3) is 0.800. The Morgan fingerprint density at radius 3 is 2.84 bits per heavy atom. The summed E-state index contributed by atoms with van der Waals surface area (Å²) in [4.78, 5) is 0. The minimum absolute atomic E-state index is 0.361. The summed E-state index contributed by atoms with van der Waals surface area (Å²) in [6.07, 6.45) is 5.59. The first-order valence-electron chi connectivity index (χ1n) is 7.71. The molecule has 1 saturated carbocycles. The standard InChI is InChI=1S/C15H23N3O/c1-9-7-11(9)12-8-15-16-6-5-13(18(15)17-12)14-4-3-10(2)19-14/h8-11,13-14,16H,3-7H2,1-2H3. The molecular formula is C15H23N3O. The average molecular weight is 261 g/mol. The van der Waals surface area contributed by atoms with Crippen LogP contribution in [0, 0.1) is 5.92 Å². The Labute approximate surface area is 114 Å². The molecule has 0 aromatic carbocycles. The molecule has 19 heavy (non-hydrogen) atoms. The van der Waals surface area contributed by atoms with Gasteiger partial charge in [-0.2, -0.15) is 5.10 Å². The second kappa shape index (κ2) is 4.23. The predicted octanol–water partition coefficient (Wildman–Crippen LogP) is 2.93. The minimum Gasteiger partial charge on any atom is -0.373 e. The van der Waals surface area contributed by atoms with Gasteiger partial charge in [0.1, 0.15) is 5.82 Å². The minimum atomic E-state index is 0.361. The first-order valence-corrected chi connectivity index (χ1v) is 7.71. The zero-order valence-electron chi connectivity index (χ0n) is 11.8. The Bertz CT molecular complexity index is 484. The molecule has 5 atom stereocenters. The summed E-state index contributed by atoms with van der Waals surface area (Å²) in [5, 5.41) is 8.38. The number of hydrogen-bond acceptors (Lipinski definition) is 3. The lowest BCUT2D eigenvalue weighted by Gasteiger charge is -2.29. The van der Waals surface area contributed by atoms with E-state index in [2.05, 4.69) is 29.9 Å². The first-order chi connectivity index (χ1) is 9.22. The van der Waals surface area contributed by atoms with Gasteiger partial charge in [-0.15, -0.1) is 0 Å². The van der Waals surface area contributed by atoms with E-state index in [0.29, 0.717) is 24.2 Å². The van der Waals surface area contributed by atoms with Crippen LogP contribution in [-0.2, 0) is 4.74 Å². The largest absolute Gasteiger partial charge is 0.373 e. The van der Waals surface area contributed by atoms with Gasteiger partial charge in [0, 0.05) is 18.5 Å². The van der Waals surface area contributed by atoms with E-state index < -0.39 is 0 Å². The maximum absolute atomic E-state index is 6.08. The summed E-state index contributed by atoms with van der Waals surface area (Å²) in [5.74, 6) is 2.72. The van der Waals surface area contributed by atoms with Crippen molar-refractivity contribution >= 4 is 5.82 Å². The molecule has 0 amide bonds. The summed E-state index contributed by atoms with van der Waals surface area (Å²) >= 11 is 0. The van der Waals surface area contributed by atoms with Crippen molar-refractivity contribution in [2.24, 2.45) is 5.92 Å². The Morgan fingerprint density at radius 2 is 2.16 bits per heavy atom. The molecule has 1 saturated heterocycles. The number of fused-ring (bicyclic) bond motifs is 1. The molecule has 1 aliphatic carbocycles. The lowest BCUT2D eigenvalue weighted by atomic mass is 10.0. The molecule has 4 heteroatoms. The molecule has 1 aromatic heterocycles. The smallest absolute Gasteiger partial charge is 0.124 e. The molecule has 3 aliphatic rings. The van der Waals surface area contributed by atoms with Crippen LogP contribution in [0.25, 0.3) is 0 Å². The second-order valence-corrected chi connectivity index (χ2v) is 6.56. The van der Waals surface area contributed by atoms with Crippen molar-refractivity contribution < 1.29 is 4.74 Å². The van der Waals surface area contributed by atoms with E-state index >= 15 is 0 Å². The molecule has 1 aromatic rings. The van der Waals surface area contributed by atoms with Gasteiger partial charge in [-0.1, -0.05) is 6.92 Å². The third-order valence-electron chi connectivity index (χ3n) is 5.00. The van der Waals surface area contributed by atoms with E-state index in [1.807, 2.05) is 0 Å². The molecule has 3 heterocycles. The molecule has 2 fully saturated rings. The summed E-state index contributed by atoms with van der Waals surface area (Å²) in [6.45, 7) is 5.54. The number of nitrogens with one attached hydrogen (secondary N) is 1. The van der Waals surface area contributed by atoms with Crippen molar-refractivity contribution in [2.75, 3.05) is 11.9 Å². The molecule has 0 spiro atoms. The quantitative estimate of drug-likeness (QED) is 0.889. The molecule has 2 aliphatic heterocycles. The fourth-order valence-corrected chi connectivity index (χ4v) is 3.64. The maximum atomic E-state index is 6.08. The lowest BCUT2D eigenvalue weighted by Crippen LogP contribution is -2.32. The highest BCUT2D eigenvalue weighted by Gasteiger charge is 2.39. The van der Waals surface area contributed by atoms with Gasteiger partial charge in [-0.25, -0.2) is 4.68 Å². The Morgan fingerprint density at radius 1 is 1.32 bits per heavy atom. The zero-order chi connectivity index (χ0) is 13.0. The zero-order valence-corrected chi connectivity index (χ0v) is 11.8. The summed E-state index contributed by atoms with van der Waals surface area (Å²) < 4.78 is 8.29. The Balaban J connectivity index is 1.61.